The van der Waals surface area contributed by atoms with Crippen LogP contribution in [0.4, 0.5) is 5.69 Å². The Bertz CT molecular complexity index is 1050. The molecule has 7 heteroatoms. The molecular formula is C20H18N4O3. The van der Waals surface area contributed by atoms with Crippen LogP contribution in [0.25, 0.3) is 10.9 Å². The molecule has 1 saturated heterocycles. The molecule has 3 amide bonds. The van der Waals surface area contributed by atoms with Crippen LogP contribution in [-0.2, 0) is 4.79 Å². The summed E-state index contributed by atoms with van der Waals surface area (Å²) in [6, 6.07) is 14.2. The number of nitrogens with zero attached hydrogens (tertiary/aromatic N) is 1. The van der Waals surface area contributed by atoms with E-state index in [4.69, 9.17) is 5.73 Å². The SMILES string of the molecule is NC(=O)c1ccccc1NC(=O)C1CN(C(=O)c2c[nH]c3ccccc23)C1. The van der Waals surface area contributed by atoms with E-state index in [-0.39, 0.29) is 23.3 Å². The third-order valence-electron chi connectivity index (χ3n) is 4.81. The van der Waals surface area contributed by atoms with Gasteiger partial charge in [0.2, 0.25) is 5.91 Å². The lowest BCUT2D eigenvalue weighted by molar-refractivity contribution is -0.123. The number of hydrogen-bond donors (Lipinski definition) is 3. The summed E-state index contributed by atoms with van der Waals surface area (Å²) in [6.45, 7) is 0.672. The van der Waals surface area contributed by atoms with Gasteiger partial charge in [-0.15, -0.1) is 0 Å². The second kappa shape index (κ2) is 6.60. The number of nitrogens with two attached hydrogens (primary N) is 1. The number of likely N-dealkylation sites (tertiary alicyclic amines) is 1. The summed E-state index contributed by atoms with van der Waals surface area (Å²) in [7, 11) is 0. The van der Waals surface area contributed by atoms with E-state index in [1.54, 1.807) is 35.4 Å². The molecule has 3 aromatic rings. The number of aromatic amines is 1. The number of fused-ring (bicyclic) bond motifs is 1. The van der Waals surface area contributed by atoms with Crippen LogP contribution in [0, 0.1) is 5.92 Å². The van der Waals surface area contributed by atoms with Crippen LogP contribution >= 0.6 is 0 Å². The van der Waals surface area contributed by atoms with Crippen molar-refractivity contribution < 1.29 is 14.4 Å². The second-order valence-electron chi connectivity index (χ2n) is 6.55. The van der Waals surface area contributed by atoms with E-state index >= 15 is 0 Å². The Kier molecular flexibility index (Phi) is 4.12. The Morgan fingerprint density at radius 1 is 1.00 bits per heavy atom. The van der Waals surface area contributed by atoms with Crippen LogP contribution < -0.4 is 11.1 Å². The summed E-state index contributed by atoms with van der Waals surface area (Å²) < 4.78 is 0. The van der Waals surface area contributed by atoms with Crippen LogP contribution in [-0.4, -0.2) is 40.7 Å². The van der Waals surface area contributed by atoms with Crippen LogP contribution in [0.2, 0.25) is 0 Å². The molecule has 27 heavy (non-hydrogen) atoms. The van der Waals surface area contributed by atoms with Crippen molar-refractivity contribution in [2.24, 2.45) is 11.7 Å². The third-order valence-corrected chi connectivity index (χ3v) is 4.81. The minimum Gasteiger partial charge on any atom is -0.366 e. The number of amides is 3. The fourth-order valence-electron chi connectivity index (χ4n) is 3.27. The monoisotopic (exact) mass is 362 g/mol. The third kappa shape index (κ3) is 3.03. The molecule has 4 rings (SSSR count). The Balaban J connectivity index is 1.41. The van der Waals surface area contributed by atoms with Gasteiger partial charge in [-0.1, -0.05) is 30.3 Å². The van der Waals surface area contributed by atoms with Crippen LogP contribution in [0.1, 0.15) is 20.7 Å². The number of aromatic nitrogens is 1. The molecule has 0 radical (unpaired) electrons. The molecule has 2 heterocycles. The second-order valence-corrected chi connectivity index (χ2v) is 6.55. The number of anilines is 1. The number of H-pyrrole nitrogens is 1. The summed E-state index contributed by atoms with van der Waals surface area (Å²) in [5, 5.41) is 3.60. The van der Waals surface area contributed by atoms with Gasteiger partial charge < -0.3 is 20.9 Å². The van der Waals surface area contributed by atoms with Gasteiger partial charge in [-0.3, -0.25) is 14.4 Å². The molecule has 2 aromatic carbocycles. The van der Waals surface area contributed by atoms with Crippen molar-refractivity contribution in [1.82, 2.24) is 9.88 Å². The molecule has 4 N–H and O–H groups in total. The molecule has 0 atom stereocenters. The van der Waals surface area contributed by atoms with Gasteiger partial charge in [-0.2, -0.15) is 0 Å². The van der Waals surface area contributed by atoms with Crippen LogP contribution in [0.3, 0.4) is 0 Å². The van der Waals surface area contributed by atoms with Gasteiger partial charge in [0.05, 0.1) is 22.7 Å². The average Bonchev–Trinajstić information content (AvgIpc) is 3.04. The van der Waals surface area contributed by atoms with E-state index in [9.17, 15) is 14.4 Å². The molecular weight excluding hydrogens is 344 g/mol. The standard InChI is InChI=1S/C20H18N4O3/c21-18(25)14-6-2-4-8-17(14)23-19(26)12-10-24(11-12)20(27)15-9-22-16-7-3-1-5-13(15)16/h1-9,12,22H,10-11H2,(H2,21,25)(H,23,26). The molecule has 1 aliphatic heterocycles. The van der Waals surface area contributed by atoms with Crippen LogP contribution in [0.15, 0.2) is 54.7 Å². The molecule has 1 aliphatic rings. The summed E-state index contributed by atoms with van der Waals surface area (Å²) >= 11 is 0. The fourth-order valence-corrected chi connectivity index (χ4v) is 3.27. The highest BCUT2D eigenvalue weighted by atomic mass is 16.2. The number of carbonyl (C=O) groups excluding carboxylic acids is 3. The summed E-state index contributed by atoms with van der Waals surface area (Å²) in [5.41, 5.74) is 7.48. The number of carbonyl (C=O) groups is 3. The lowest BCUT2D eigenvalue weighted by Crippen LogP contribution is -2.54. The van der Waals surface area contributed by atoms with Gasteiger partial charge in [-0.25, -0.2) is 0 Å². The molecule has 1 aromatic heterocycles. The highest BCUT2D eigenvalue weighted by Gasteiger charge is 2.37. The van der Waals surface area contributed by atoms with Gasteiger partial charge in [0, 0.05) is 30.2 Å². The van der Waals surface area contributed by atoms with E-state index in [0.717, 1.165) is 10.9 Å². The topological polar surface area (TPSA) is 108 Å². The number of para-hydroxylation sites is 2. The maximum atomic E-state index is 12.7. The predicted molar refractivity (Wildman–Crippen MR) is 101 cm³/mol. The maximum Gasteiger partial charge on any atom is 0.256 e. The van der Waals surface area contributed by atoms with Gasteiger partial charge in [0.15, 0.2) is 0 Å². The first kappa shape index (κ1) is 16.8. The summed E-state index contributed by atoms with van der Waals surface area (Å²) in [4.78, 5) is 41.3. The Morgan fingerprint density at radius 2 is 1.70 bits per heavy atom. The lowest BCUT2D eigenvalue weighted by Gasteiger charge is -2.38. The molecule has 136 valence electrons. The van der Waals surface area contributed by atoms with Gasteiger partial charge in [-0.05, 0) is 18.2 Å². The molecule has 0 unspecified atom stereocenters. The van der Waals surface area contributed by atoms with E-state index < -0.39 is 5.91 Å². The summed E-state index contributed by atoms with van der Waals surface area (Å²) in [5.74, 6) is -1.25. The van der Waals surface area contributed by atoms with Gasteiger partial charge in [0.1, 0.15) is 0 Å². The average molecular weight is 362 g/mol. The fraction of sp³-hybridized carbons (Fsp3) is 0.150. The van der Waals surface area contributed by atoms with Crippen molar-refractivity contribution in [3.05, 3.63) is 65.9 Å². The zero-order valence-electron chi connectivity index (χ0n) is 14.4. The number of nitrogens with one attached hydrogen (secondary N) is 2. The number of benzene rings is 2. The minimum absolute atomic E-state index is 0.103. The molecule has 7 nitrogen and oxygen atoms in total. The largest absolute Gasteiger partial charge is 0.366 e. The first-order chi connectivity index (χ1) is 13.0. The van der Waals surface area contributed by atoms with Crippen molar-refractivity contribution in [1.29, 1.82) is 0 Å². The highest BCUT2D eigenvalue weighted by Crippen LogP contribution is 2.25. The minimum atomic E-state index is -0.601. The van der Waals surface area contributed by atoms with E-state index in [2.05, 4.69) is 10.3 Å². The van der Waals surface area contributed by atoms with Gasteiger partial charge in [0.25, 0.3) is 11.8 Å². The number of hydrogen-bond acceptors (Lipinski definition) is 3. The van der Waals surface area contributed by atoms with Crippen molar-refractivity contribution in [3.8, 4) is 0 Å². The number of rotatable bonds is 4. The van der Waals surface area contributed by atoms with E-state index in [1.807, 2.05) is 24.3 Å². The molecule has 0 spiro atoms. The number of primary amides is 1. The highest BCUT2D eigenvalue weighted by molar-refractivity contribution is 6.08. The first-order valence-electron chi connectivity index (χ1n) is 8.59. The molecule has 0 bridgehead atoms. The molecule has 0 saturated carbocycles. The normalized spacial score (nSPS) is 14.0. The van der Waals surface area contributed by atoms with Crippen LogP contribution in [0.5, 0.6) is 0 Å². The van der Waals surface area contributed by atoms with E-state index in [0.29, 0.717) is 24.3 Å². The Labute approximate surface area is 155 Å². The van der Waals surface area contributed by atoms with Crippen molar-refractivity contribution >= 4 is 34.3 Å². The van der Waals surface area contributed by atoms with E-state index in [1.165, 1.54) is 0 Å². The molecule has 1 fully saturated rings. The zero-order chi connectivity index (χ0) is 19.0. The summed E-state index contributed by atoms with van der Waals surface area (Å²) in [6.07, 6.45) is 1.70. The first-order valence-corrected chi connectivity index (χ1v) is 8.59. The Morgan fingerprint density at radius 3 is 2.48 bits per heavy atom. The van der Waals surface area contributed by atoms with Crippen molar-refractivity contribution in [3.63, 3.8) is 0 Å². The maximum absolute atomic E-state index is 12.7. The quantitative estimate of drug-likeness (QED) is 0.660. The zero-order valence-corrected chi connectivity index (χ0v) is 14.4. The predicted octanol–water partition coefficient (Wildman–Crippen LogP) is 1.98. The smallest absolute Gasteiger partial charge is 0.256 e. The molecule has 0 aliphatic carbocycles. The van der Waals surface area contributed by atoms with Crippen molar-refractivity contribution in [2.75, 3.05) is 18.4 Å². The van der Waals surface area contributed by atoms with Gasteiger partial charge >= 0.3 is 0 Å². The Hall–Kier alpha value is -3.61. The van der Waals surface area contributed by atoms with Crippen molar-refractivity contribution in [2.45, 2.75) is 0 Å². The lowest BCUT2D eigenvalue weighted by atomic mass is 9.97.